The number of carbonyl (C=O) groups is 1. The predicted octanol–water partition coefficient (Wildman–Crippen LogP) is 3.72. The molecular formula is C17H14F3NO4S. The number of hydrogen-bond acceptors (Lipinski definition) is 5. The zero-order valence-corrected chi connectivity index (χ0v) is 14.2. The zero-order valence-electron chi connectivity index (χ0n) is 13.3. The Bertz CT molecular complexity index is 781. The van der Waals surface area contributed by atoms with Gasteiger partial charge in [-0.1, -0.05) is 6.07 Å². The Hall–Kier alpha value is -2.55. The standard InChI is InChI=1S/C17H14F3NO4S/c18-17(19,20)25-12-2-4-13(5-3-12)26-9-16(22)21-8-11-1-6-14-15(7-11)24-10-23-14/h1-7H,8-10H2,(H,21,22). The minimum Gasteiger partial charge on any atom is -0.454 e. The lowest BCUT2D eigenvalue weighted by molar-refractivity contribution is -0.274. The van der Waals surface area contributed by atoms with Crippen molar-refractivity contribution in [3.63, 3.8) is 0 Å². The van der Waals surface area contributed by atoms with Crippen molar-refractivity contribution in [1.29, 1.82) is 0 Å². The van der Waals surface area contributed by atoms with E-state index in [1.165, 1.54) is 36.0 Å². The first kappa shape index (κ1) is 18.2. The summed E-state index contributed by atoms with van der Waals surface area (Å²) in [6.07, 6.45) is -4.72. The first-order valence-electron chi connectivity index (χ1n) is 7.53. The molecule has 0 saturated carbocycles. The van der Waals surface area contributed by atoms with Crippen LogP contribution in [0.2, 0.25) is 0 Å². The normalized spacial score (nSPS) is 12.7. The summed E-state index contributed by atoms with van der Waals surface area (Å²) < 4.78 is 50.6. The topological polar surface area (TPSA) is 56.8 Å². The molecular weight excluding hydrogens is 371 g/mol. The molecule has 1 aliphatic heterocycles. The average molecular weight is 385 g/mol. The summed E-state index contributed by atoms with van der Waals surface area (Å²) in [5, 5.41) is 2.77. The highest BCUT2D eigenvalue weighted by atomic mass is 32.2. The molecule has 1 heterocycles. The second-order valence-corrected chi connectivity index (χ2v) is 6.32. The van der Waals surface area contributed by atoms with Crippen molar-refractivity contribution in [2.45, 2.75) is 17.8 Å². The summed E-state index contributed by atoms with van der Waals surface area (Å²) in [6, 6.07) is 10.8. The highest BCUT2D eigenvalue weighted by Gasteiger charge is 2.30. The Kier molecular flexibility index (Phi) is 5.46. The fourth-order valence-electron chi connectivity index (χ4n) is 2.19. The first-order chi connectivity index (χ1) is 12.4. The predicted molar refractivity (Wildman–Crippen MR) is 88.3 cm³/mol. The molecule has 0 atom stereocenters. The highest BCUT2D eigenvalue weighted by Crippen LogP contribution is 2.32. The van der Waals surface area contributed by atoms with Gasteiger partial charge in [-0.2, -0.15) is 0 Å². The lowest BCUT2D eigenvalue weighted by Gasteiger charge is -2.09. The van der Waals surface area contributed by atoms with Crippen LogP contribution in [0.5, 0.6) is 17.2 Å². The number of nitrogens with one attached hydrogen (secondary N) is 1. The Labute approximate surface area is 151 Å². The van der Waals surface area contributed by atoms with Crippen LogP contribution in [0.1, 0.15) is 5.56 Å². The van der Waals surface area contributed by atoms with Crippen molar-refractivity contribution >= 4 is 17.7 Å². The third-order valence-corrected chi connectivity index (χ3v) is 4.37. The maximum atomic E-state index is 12.1. The zero-order chi connectivity index (χ0) is 18.6. The molecule has 0 unspecified atom stereocenters. The first-order valence-corrected chi connectivity index (χ1v) is 8.51. The molecule has 5 nitrogen and oxygen atoms in total. The molecule has 2 aromatic rings. The molecule has 0 spiro atoms. The molecule has 0 radical (unpaired) electrons. The second kappa shape index (κ2) is 7.77. The van der Waals surface area contributed by atoms with Crippen LogP contribution in [-0.4, -0.2) is 24.8 Å². The van der Waals surface area contributed by atoms with Crippen molar-refractivity contribution in [3.8, 4) is 17.2 Å². The van der Waals surface area contributed by atoms with Crippen molar-refractivity contribution in [3.05, 3.63) is 48.0 Å². The summed E-state index contributed by atoms with van der Waals surface area (Å²) in [6.45, 7) is 0.531. The summed E-state index contributed by atoms with van der Waals surface area (Å²) >= 11 is 1.22. The van der Waals surface area contributed by atoms with E-state index in [1.54, 1.807) is 12.1 Å². The van der Waals surface area contributed by atoms with Gasteiger partial charge in [0.05, 0.1) is 5.75 Å². The number of fused-ring (bicyclic) bond motifs is 1. The van der Waals surface area contributed by atoms with Gasteiger partial charge in [0.2, 0.25) is 12.7 Å². The number of ether oxygens (including phenoxy) is 3. The van der Waals surface area contributed by atoms with Gasteiger partial charge in [-0.05, 0) is 42.0 Å². The third-order valence-electron chi connectivity index (χ3n) is 3.35. The van der Waals surface area contributed by atoms with E-state index in [-0.39, 0.29) is 24.2 Å². The van der Waals surface area contributed by atoms with E-state index in [0.717, 1.165) is 5.56 Å². The molecule has 2 aromatic carbocycles. The number of carbonyl (C=O) groups excluding carboxylic acids is 1. The van der Waals surface area contributed by atoms with E-state index in [1.807, 2.05) is 6.07 Å². The third kappa shape index (κ3) is 5.22. The smallest absolute Gasteiger partial charge is 0.454 e. The fourth-order valence-corrected chi connectivity index (χ4v) is 2.92. The summed E-state index contributed by atoms with van der Waals surface area (Å²) in [5.74, 6) is 0.975. The van der Waals surface area contributed by atoms with Crippen LogP contribution in [0.15, 0.2) is 47.4 Å². The SMILES string of the molecule is O=C(CSc1ccc(OC(F)(F)F)cc1)NCc1ccc2c(c1)OCO2. The lowest BCUT2D eigenvalue weighted by Crippen LogP contribution is -2.24. The van der Waals surface area contributed by atoms with Gasteiger partial charge in [0.1, 0.15) is 5.75 Å². The molecule has 1 aliphatic rings. The van der Waals surface area contributed by atoms with Crippen molar-refractivity contribution in [2.75, 3.05) is 12.5 Å². The quantitative estimate of drug-likeness (QED) is 0.768. The Morgan fingerprint density at radius 3 is 2.58 bits per heavy atom. The van der Waals surface area contributed by atoms with Crippen LogP contribution < -0.4 is 19.5 Å². The molecule has 1 amide bonds. The highest BCUT2D eigenvalue weighted by molar-refractivity contribution is 8.00. The molecule has 3 rings (SSSR count). The number of amides is 1. The molecule has 0 saturated heterocycles. The summed E-state index contributed by atoms with van der Waals surface area (Å²) in [4.78, 5) is 12.6. The molecule has 0 aromatic heterocycles. The number of halogens is 3. The van der Waals surface area contributed by atoms with Gasteiger partial charge in [0.15, 0.2) is 11.5 Å². The van der Waals surface area contributed by atoms with E-state index in [0.29, 0.717) is 22.9 Å². The summed E-state index contributed by atoms with van der Waals surface area (Å²) in [7, 11) is 0. The number of hydrogen-bond donors (Lipinski definition) is 1. The number of alkyl halides is 3. The molecule has 1 N–H and O–H groups in total. The van der Waals surface area contributed by atoms with Gasteiger partial charge in [-0.15, -0.1) is 24.9 Å². The van der Waals surface area contributed by atoms with Gasteiger partial charge in [0.25, 0.3) is 0 Å². The molecule has 26 heavy (non-hydrogen) atoms. The van der Waals surface area contributed by atoms with Crippen LogP contribution in [0.25, 0.3) is 0 Å². The van der Waals surface area contributed by atoms with Gasteiger partial charge >= 0.3 is 6.36 Å². The minimum atomic E-state index is -4.72. The molecule has 0 fully saturated rings. The lowest BCUT2D eigenvalue weighted by atomic mass is 10.2. The summed E-state index contributed by atoms with van der Waals surface area (Å²) in [5.41, 5.74) is 0.876. The van der Waals surface area contributed by atoms with E-state index in [2.05, 4.69) is 10.1 Å². The Morgan fingerprint density at radius 2 is 1.85 bits per heavy atom. The largest absolute Gasteiger partial charge is 0.573 e. The van der Waals surface area contributed by atoms with Gasteiger partial charge in [-0.3, -0.25) is 4.79 Å². The van der Waals surface area contributed by atoms with Crippen molar-refractivity contribution < 1.29 is 32.2 Å². The van der Waals surface area contributed by atoms with Gasteiger partial charge < -0.3 is 19.5 Å². The van der Waals surface area contributed by atoms with Crippen molar-refractivity contribution in [2.24, 2.45) is 0 Å². The van der Waals surface area contributed by atoms with Crippen LogP contribution >= 0.6 is 11.8 Å². The minimum absolute atomic E-state index is 0.143. The van der Waals surface area contributed by atoms with Gasteiger partial charge in [-0.25, -0.2) is 0 Å². The van der Waals surface area contributed by atoms with Crippen LogP contribution in [0.4, 0.5) is 13.2 Å². The molecule has 138 valence electrons. The van der Waals surface area contributed by atoms with Crippen molar-refractivity contribution in [1.82, 2.24) is 5.32 Å². The van der Waals surface area contributed by atoms with E-state index in [4.69, 9.17) is 9.47 Å². The molecule has 9 heteroatoms. The van der Waals surface area contributed by atoms with Crippen LogP contribution in [0.3, 0.4) is 0 Å². The van der Waals surface area contributed by atoms with Crippen LogP contribution in [0, 0.1) is 0 Å². The average Bonchev–Trinajstić information content (AvgIpc) is 3.05. The maximum Gasteiger partial charge on any atom is 0.573 e. The molecule has 0 aliphatic carbocycles. The Morgan fingerprint density at radius 1 is 1.12 bits per heavy atom. The number of benzene rings is 2. The van der Waals surface area contributed by atoms with E-state index < -0.39 is 6.36 Å². The van der Waals surface area contributed by atoms with Gasteiger partial charge in [0, 0.05) is 11.4 Å². The second-order valence-electron chi connectivity index (χ2n) is 5.27. The number of thioether (sulfide) groups is 1. The number of rotatable bonds is 6. The monoisotopic (exact) mass is 385 g/mol. The Balaban J connectivity index is 1.44. The van der Waals surface area contributed by atoms with E-state index in [9.17, 15) is 18.0 Å². The maximum absolute atomic E-state index is 12.1. The fraction of sp³-hybridized carbons (Fsp3) is 0.235. The van der Waals surface area contributed by atoms with Crippen LogP contribution in [-0.2, 0) is 11.3 Å². The van der Waals surface area contributed by atoms with E-state index >= 15 is 0 Å². The molecule has 0 bridgehead atoms.